The van der Waals surface area contributed by atoms with E-state index < -0.39 is 0 Å². The summed E-state index contributed by atoms with van der Waals surface area (Å²) < 4.78 is 0. The fourth-order valence-electron chi connectivity index (χ4n) is 2.15. The molecule has 0 bridgehead atoms. The monoisotopic (exact) mass is 264 g/mol. The Hall–Kier alpha value is -2.49. The van der Waals surface area contributed by atoms with Crippen molar-refractivity contribution in [3.05, 3.63) is 48.2 Å². The maximum atomic E-state index is 4.50. The highest BCUT2D eigenvalue weighted by molar-refractivity contribution is 5.83. The van der Waals surface area contributed by atoms with Gasteiger partial charge in [0.2, 0.25) is 0 Å². The molecular formula is C16H16N4. The minimum absolute atomic E-state index is 0.800. The minimum atomic E-state index is 0.800. The molecule has 3 aromatic rings. The zero-order chi connectivity index (χ0) is 13.9. The Kier molecular flexibility index (Phi) is 3.29. The highest BCUT2D eigenvalue weighted by Crippen LogP contribution is 2.22. The van der Waals surface area contributed by atoms with Crippen LogP contribution < -0.4 is 5.32 Å². The van der Waals surface area contributed by atoms with Gasteiger partial charge >= 0.3 is 0 Å². The molecule has 0 saturated carbocycles. The summed E-state index contributed by atoms with van der Waals surface area (Å²) >= 11 is 0. The minimum Gasteiger partial charge on any atom is -0.369 e. The number of fused-ring (bicyclic) bond motifs is 1. The van der Waals surface area contributed by atoms with Crippen molar-refractivity contribution in [1.82, 2.24) is 15.2 Å². The van der Waals surface area contributed by atoms with Crippen LogP contribution >= 0.6 is 0 Å². The summed E-state index contributed by atoms with van der Waals surface area (Å²) in [4.78, 5) is 4.50. The van der Waals surface area contributed by atoms with Gasteiger partial charge in [0.1, 0.15) is 5.82 Å². The van der Waals surface area contributed by atoms with E-state index >= 15 is 0 Å². The quantitative estimate of drug-likeness (QED) is 0.787. The number of nitrogens with zero attached hydrogens (tertiary/aromatic N) is 3. The molecule has 0 fully saturated rings. The van der Waals surface area contributed by atoms with E-state index in [0.29, 0.717) is 0 Å². The summed E-state index contributed by atoms with van der Waals surface area (Å²) in [6, 6.07) is 14.2. The first-order chi connectivity index (χ1) is 9.76. The van der Waals surface area contributed by atoms with Crippen LogP contribution in [0.5, 0.6) is 0 Å². The molecule has 0 aliphatic heterocycles. The van der Waals surface area contributed by atoms with Gasteiger partial charge < -0.3 is 5.32 Å². The number of benzene rings is 1. The van der Waals surface area contributed by atoms with Gasteiger partial charge in [0, 0.05) is 23.2 Å². The van der Waals surface area contributed by atoms with Gasteiger partial charge in [0.15, 0.2) is 0 Å². The van der Waals surface area contributed by atoms with Crippen LogP contribution in [0.4, 0.5) is 5.82 Å². The van der Waals surface area contributed by atoms with Gasteiger partial charge in [-0.05, 0) is 44.2 Å². The molecule has 0 atom stereocenters. The van der Waals surface area contributed by atoms with E-state index in [2.05, 4.69) is 32.6 Å². The maximum Gasteiger partial charge on any atom is 0.148 e. The third-order valence-corrected chi connectivity index (χ3v) is 3.15. The van der Waals surface area contributed by atoms with E-state index in [1.165, 1.54) is 0 Å². The molecule has 100 valence electrons. The fraction of sp³-hybridized carbons (Fsp3) is 0.188. The average Bonchev–Trinajstić information content (AvgIpc) is 2.48. The van der Waals surface area contributed by atoms with Crippen LogP contribution in [-0.2, 0) is 0 Å². The lowest BCUT2D eigenvalue weighted by Gasteiger charge is -2.05. The lowest BCUT2D eigenvalue weighted by molar-refractivity contribution is 1.02. The molecule has 1 aromatic carbocycles. The zero-order valence-corrected chi connectivity index (χ0v) is 11.6. The number of hydrogen-bond donors (Lipinski definition) is 1. The number of nitrogens with one attached hydrogen (secondary N) is 1. The van der Waals surface area contributed by atoms with Gasteiger partial charge in [-0.3, -0.25) is 4.98 Å². The van der Waals surface area contributed by atoms with Gasteiger partial charge in [-0.25, -0.2) is 0 Å². The molecular weight excluding hydrogens is 248 g/mol. The van der Waals surface area contributed by atoms with Crippen molar-refractivity contribution in [2.45, 2.75) is 13.8 Å². The number of aryl methyl sites for hydroxylation is 1. The smallest absolute Gasteiger partial charge is 0.148 e. The topological polar surface area (TPSA) is 50.7 Å². The third kappa shape index (κ3) is 2.45. The first kappa shape index (κ1) is 12.5. The molecule has 4 heteroatoms. The van der Waals surface area contributed by atoms with Crippen LogP contribution in [0, 0.1) is 6.92 Å². The highest BCUT2D eigenvalue weighted by Gasteiger charge is 2.03. The van der Waals surface area contributed by atoms with Crippen LogP contribution in [-0.4, -0.2) is 21.7 Å². The molecule has 2 aromatic heterocycles. The van der Waals surface area contributed by atoms with Crippen molar-refractivity contribution in [2.24, 2.45) is 0 Å². The van der Waals surface area contributed by atoms with E-state index in [-0.39, 0.29) is 0 Å². The number of rotatable bonds is 3. The Bertz CT molecular complexity index is 735. The van der Waals surface area contributed by atoms with E-state index in [4.69, 9.17) is 0 Å². The van der Waals surface area contributed by atoms with Gasteiger partial charge in [-0.1, -0.05) is 12.1 Å². The third-order valence-electron chi connectivity index (χ3n) is 3.15. The van der Waals surface area contributed by atoms with E-state index in [9.17, 15) is 0 Å². The molecule has 0 aliphatic rings. The second-order valence-corrected chi connectivity index (χ2v) is 4.69. The van der Waals surface area contributed by atoms with E-state index in [1.54, 1.807) is 0 Å². The van der Waals surface area contributed by atoms with Crippen LogP contribution in [0.3, 0.4) is 0 Å². The number of aromatic nitrogens is 3. The predicted molar refractivity (Wildman–Crippen MR) is 81.7 cm³/mol. The summed E-state index contributed by atoms with van der Waals surface area (Å²) in [5.74, 6) is 0.800. The van der Waals surface area contributed by atoms with Crippen molar-refractivity contribution in [1.29, 1.82) is 0 Å². The Morgan fingerprint density at radius 3 is 2.65 bits per heavy atom. The van der Waals surface area contributed by atoms with Gasteiger partial charge in [0.25, 0.3) is 0 Å². The normalized spacial score (nSPS) is 10.7. The first-order valence-electron chi connectivity index (χ1n) is 6.71. The molecule has 0 spiro atoms. The Morgan fingerprint density at radius 2 is 1.90 bits per heavy atom. The fourth-order valence-corrected chi connectivity index (χ4v) is 2.15. The van der Waals surface area contributed by atoms with Crippen molar-refractivity contribution in [2.75, 3.05) is 11.9 Å². The number of hydrogen-bond acceptors (Lipinski definition) is 4. The molecule has 3 rings (SSSR count). The summed E-state index contributed by atoms with van der Waals surface area (Å²) in [6.07, 6.45) is 0. The number of anilines is 1. The summed E-state index contributed by atoms with van der Waals surface area (Å²) in [6.45, 7) is 4.88. The molecule has 0 unspecified atom stereocenters. The Balaban J connectivity index is 1.99. The SMILES string of the molecule is CCNc1ccc(-c2ccc3nc(C)ccc3c2)nn1. The summed E-state index contributed by atoms with van der Waals surface area (Å²) in [7, 11) is 0. The molecule has 2 heterocycles. The van der Waals surface area contributed by atoms with Crippen LogP contribution in [0.2, 0.25) is 0 Å². The van der Waals surface area contributed by atoms with Crippen molar-refractivity contribution < 1.29 is 0 Å². The highest BCUT2D eigenvalue weighted by atomic mass is 15.2. The summed E-state index contributed by atoms with van der Waals surface area (Å²) in [5.41, 5.74) is 3.96. The average molecular weight is 264 g/mol. The molecule has 4 nitrogen and oxygen atoms in total. The van der Waals surface area contributed by atoms with E-state index in [1.807, 2.05) is 44.2 Å². The first-order valence-corrected chi connectivity index (χ1v) is 6.71. The largest absolute Gasteiger partial charge is 0.369 e. The Morgan fingerprint density at radius 1 is 1.00 bits per heavy atom. The predicted octanol–water partition coefficient (Wildman–Crippen LogP) is 3.43. The molecule has 20 heavy (non-hydrogen) atoms. The zero-order valence-electron chi connectivity index (χ0n) is 11.6. The molecule has 0 saturated heterocycles. The van der Waals surface area contributed by atoms with Gasteiger partial charge in [0.05, 0.1) is 11.2 Å². The van der Waals surface area contributed by atoms with Crippen LogP contribution in [0.15, 0.2) is 42.5 Å². The van der Waals surface area contributed by atoms with Crippen molar-refractivity contribution >= 4 is 16.7 Å². The second kappa shape index (κ2) is 5.25. The molecule has 0 aliphatic carbocycles. The van der Waals surface area contributed by atoms with Crippen LogP contribution in [0.25, 0.3) is 22.2 Å². The van der Waals surface area contributed by atoms with Crippen LogP contribution in [0.1, 0.15) is 12.6 Å². The second-order valence-electron chi connectivity index (χ2n) is 4.69. The van der Waals surface area contributed by atoms with Gasteiger partial charge in [-0.2, -0.15) is 0 Å². The van der Waals surface area contributed by atoms with E-state index in [0.717, 1.165) is 40.2 Å². The lowest BCUT2D eigenvalue weighted by atomic mass is 10.1. The summed E-state index contributed by atoms with van der Waals surface area (Å²) in [5, 5.41) is 12.7. The molecule has 1 N–H and O–H groups in total. The Labute approximate surface area is 117 Å². The molecule has 0 radical (unpaired) electrons. The van der Waals surface area contributed by atoms with Gasteiger partial charge in [-0.15, -0.1) is 10.2 Å². The molecule has 0 amide bonds. The lowest BCUT2D eigenvalue weighted by Crippen LogP contribution is -2.00. The van der Waals surface area contributed by atoms with Crippen molar-refractivity contribution in [3.63, 3.8) is 0 Å². The standard InChI is InChI=1S/C16H16N4/c1-3-17-16-9-8-15(19-20-16)13-6-7-14-12(10-13)5-4-11(2)18-14/h4-10H,3H2,1-2H3,(H,17,20). The number of pyridine rings is 1. The van der Waals surface area contributed by atoms with Crippen molar-refractivity contribution in [3.8, 4) is 11.3 Å². The maximum absolute atomic E-state index is 4.50.